The molecular formula is C23H22F3N5O. The number of aromatic nitrogens is 2. The lowest BCUT2D eigenvalue weighted by Crippen LogP contribution is -2.49. The smallest absolute Gasteiger partial charge is 0.368 e. The number of nitrogens with zero attached hydrogens (tertiary/aromatic N) is 4. The van der Waals surface area contributed by atoms with Crippen molar-refractivity contribution in [2.75, 3.05) is 28.2 Å². The summed E-state index contributed by atoms with van der Waals surface area (Å²) in [5.41, 5.74) is 1.62. The van der Waals surface area contributed by atoms with Gasteiger partial charge in [-0.25, -0.2) is 4.98 Å². The second-order valence-electron chi connectivity index (χ2n) is 8.00. The number of fused-ring (bicyclic) bond motifs is 2. The molecule has 1 atom stereocenters. The van der Waals surface area contributed by atoms with Crippen LogP contribution in [0.3, 0.4) is 0 Å². The molecule has 2 N–H and O–H groups in total. The van der Waals surface area contributed by atoms with Crippen LogP contribution < -0.4 is 15.1 Å². The Kier molecular flexibility index (Phi) is 5.13. The Labute approximate surface area is 183 Å². The molecule has 6 rings (SSSR count). The second-order valence-corrected chi connectivity index (χ2v) is 8.00. The number of benzene rings is 1. The molecule has 0 amide bonds. The van der Waals surface area contributed by atoms with Gasteiger partial charge in [-0.3, -0.25) is 4.98 Å². The van der Waals surface area contributed by atoms with E-state index in [-0.39, 0.29) is 6.04 Å². The maximum absolute atomic E-state index is 13.2. The minimum atomic E-state index is -4.43. The summed E-state index contributed by atoms with van der Waals surface area (Å²) in [5.74, 6) is 0.559. The molecule has 1 fully saturated rings. The summed E-state index contributed by atoms with van der Waals surface area (Å²) in [4.78, 5) is 12.9. The van der Waals surface area contributed by atoms with E-state index in [0.717, 1.165) is 43.8 Å². The maximum Gasteiger partial charge on any atom is 0.416 e. The normalized spacial score (nSPS) is 17.1. The molecule has 9 heteroatoms. The highest BCUT2D eigenvalue weighted by molar-refractivity contribution is 5.75. The Morgan fingerprint density at radius 1 is 1.06 bits per heavy atom. The zero-order chi connectivity index (χ0) is 22.3. The van der Waals surface area contributed by atoms with Gasteiger partial charge in [0.15, 0.2) is 5.82 Å². The topological polar surface area (TPSA) is 64.5 Å². The zero-order valence-electron chi connectivity index (χ0n) is 17.1. The lowest BCUT2D eigenvalue weighted by Gasteiger charge is -2.36. The Morgan fingerprint density at radius 2 is 1.88 bits per heavy atom. The molecule has 0 spiro atoms. The quantitative estimate of drug-likeness (QED) is 0.588. The highest BCUT2D eigenvalue weighted by Crippen LogP contribution is 2.40. The third-order valence-electron chi connectivity index (χ3n) is 6.00. The van der Waals surface area contributed by atoms with Gasteiger partial charge in [0.05, 0.1) is 28.8 Å². The van der Waals surface area contributed by atoms with Crippen LogP contribution in [0.1, 0.15) is 18.4 Å². The van der Waals surface area contributed by atoms with Gasteiger partial charge in [0.25, 0.3) is 0 Å². The summed E-state index contributed by atoms with van der Waals surface area (Å²) in [5, 5.41) is 14.2. The first kappa shape index (κ1) is 20.6. The molecule has 2 aromatic heterocycles. The van der Waals surface area contributed by atoms with Crippen molar-refractivity contribution in [3.8, 4) is 11.3 Å². The summed E-state index contributed by atoms with van der Waals surface area (Å²) < 4.78 is 39.6. The van der Waals surface area contributed by atoms with E-state index < -0.39 is 18.1 Å². The van der Waals surface area contributed by atoms with Crippen molar-refractivity contribution in [1.82, 2.24) is 9.97 Å². The van der Waals surface area contributed by atoms with Crippen molar-refractivity contribution in [3.63, 3.8) is 0 Å². The van der Waals surface area contributed by atoms with Crippen LogP contribution in [0.4, 0.5) is 30.4 Å². The SMILES string of the molecule is OC(Nc1cccnc1)N1c2nc(-c3cccc(C(F)(F)F)c3)ccc2N2CCC1CC2. The van der Waals surface area contributed by atoms with Crippen molar-refractivity contribution in [2.45, 2.75) is 31.4 Å². The third kappa shape index (κ3) is 3.84. The van der Waals surface area contributed by atoms with Crippen LogP contribution in [-0.2, 0) is 6.18 Å². The average molecular weight is 441 g/mol. The van der Waals surface area contributed by atoms with Crippen LogP contribution in [0.2, 0.25) is 0 Å². The van der Waals surface area contributed by atoms with E-state index in [9.17, 15) is 18.3 Å². The number of anilines is 3. The van der Waals surface area contributed by atoms with E-state index >= 15 is 0 Å². The highest BCUT2D eigenvalue weighted by atomic mass is 19.4. The molecule has 1 unspecified atom stereocenters. The molecular weight excluding hydrogens is 419 g/mol. The number of hydrogen-bond donors (Lipinski definition) is 2. The van der Waals surface area contributed by atoms with Crippen LogP contribution in [0.5, 0.6) is 0 Å². The van der Waals surface area contributed by atoms with E-state index in [1.165, 1.54) is 6.07 Å². The number of rotatable bonds is 4. The Bertz CT molecular complexity index is 1100. The fraction of sp³-hybridized carbons (Fsp3) is 0.304. The third-order valence-corrected chi connectivity index (χ3v) is 6.00. The van der Waals surface area contributed by atoms with Crippen LogP contribution in [0.25, 0.3) is 11.3 Å². The number of pyridine rings is 2. The highest BCUT2D eigenvalue weighted by Gasteiger charge is 2.37. The summed E-state index contributed by atoms with van der Waals surface area (Å²) in [6.07, 6.45) is -0.527. The number of piperidine rings is 1. The van der Waals surface area contributed by atoms with Gasteiger partial charge < -0.3 is 20.2 Å². The molecule has 3 aliphatic heterocycles. The van der Waals surface area contributed by atoms with E-state index in [0.29, 0.717) is 22.8 Å². The lowest BCUT2D eigenvalue weighted by molar-refractivity contribution is -0.137. The number of alkyl halides is 3. The molecule has 3 aliphatic rings. The van der Waals surface area contributed by atoms with Gasteiger partial charge in [0, 0.05) is 30.9 Å². The summed E-state index contributed by atoms with van der Waals surface area (Å²) in [7, 11) is 0. The number of hydrogen-bond acceptors (Lipinski definition) is 6. The van der Waals surface area contributed by atoms with Gasteiger partial charge >= 0.3 is 6.18 Å². The molecule has 32 heavy (non-hydrogen) atoms. The van der Waals surface area contributed by atoms with Crippen molar-refractivity contribution in [1.29, 1.82) is 0 Å². The molecule has 166 valence electrons. The van der Waals surface area contributed by atoms with Crippen molar-refractivity contribution in [2.24, 2.45) is 0 Å². The zero-order valence-corrected chi connectivity index (χ0v) is 17.1. The molecule has 5 heterocycles. The van der Waals surface area contributed by atoms with Crippen molar-refractivity contribution in [3.05, 3.63) is 66.5 Å². The van der Waals surface area contributed by atoms with Crippen LogP contribution in [0, 0.1) is 0 Å². The summed E-state index contributed by atoms with van der Waals surface area (Å²) in [6, 6.07) is 12.4. The molecule has 6 nitrogen and oxygen atoms in total. The van der Waals surface area contributed by atoms with E-state index in [2.05, 4.69) is 15.2 Å². The first-order chi connectivity index (χ1) is 15.4. The summed E-state index contributed by atoms with van der Waals surface area (Å²) >= 11 is 0. The number of aliphatic hydroxyl groups is 1. The largest absolute Gasteiger partial charge is 0.416 e. The van der Waals surface area contributed by atoms with E-state index in [1.807, 2.05) is 17.0 Å². The second kappa shape index (κ2) is 7.98. The fourth-order valence-corrected chi connectivity index (χ4v) is 4.43. The van der Waals surface area contributed by atoms with Crippen LogP contribution >= 0.6 is 0 Å². The van der Waals surface area contributed by atoms with Gasteiger partial charge in [-0.05, 0) is 49.2 Å². The monoisotopic (exact) mass is 441 g/mol. The van der Waals surface area contributed by atoms with Crippen LogP contribution in [-0.4, -0.2) is 40.6 Å². The Balaban J connectivity index is 1.55. The molecule has 0 aliphatic carbocycles. The number of halogens is 3. The van der Waals surface area contributed by atoms with Gasteiger partial charge in [-0.2, -0.15) is 13.2 Å². The average Bonchev–Trinajstić information content (AvgIpc) is 3.05. The lowest BCUT2D eigenvalue weighted by atomic mass is 10.1. The molecule has 1 aromatic carbocycles. The molecule has 0 radical (unpaired) electrons. The minimum absolute atomic E-state index is 0.0518. The van der Waals surface area contributed by atoms with E-state index in [1.54, 1.807) is 30.6 Å². The first-order valence-corrected chi connectivity index (χ1v) is 10.5. The van der Waals surface area contributed by atoms with Crippen molar-refractivity contribution >= 4 is 17.2 Å². The standard InChI is InChI=1S/C23H22F3N5O/c24-23(25,26)16-4-1-3-15(13-16)19-6-7-20-21(29-19)31(18-8-11-30(20)12-9-18)22(32)28-17-5-2-10-27-14-17/h1-7,10,13-14,18,22,28,32H,8-9,11-12H2. The van der Waals surface area contributed by atoms with Gasteiger partial charge in [-0.1, -0.05) is 12.1 Å². The maximum atomic E-state index is 13.2. The molecule has 3 aromatic rings. The molecule has 2 bridgehead atoms. The fourth-order valence-electron chi connectivity index (χ4n) is 4.43. The van der Waals surface area contributed by atoms with Gasteiger partial charge in [-0.15, -0.1) is 0 Å². The molecule has 0 saturated carbocycles. The number of nitrogens with one attached hydrogen (secondary N) is 1. The van der Waals surface area contributed by atoms with Gasteiger partial charge in [0.2, 0.25) is 6.35 Å². The summed E-state index contributed by atoms with van der Waals surface area (Å²) in [6.45, 7) is 1.66. The first-order valence-electron chi connectivity index (χ1n) is 10.5. The van der Waals surface area contributed by atoms with E-state index in [4.69, 9.17) is 4.98 Å². The van der Waals surface area contributed by atoms with Crippen molar-refractivity contribution < 1.29 is 18.3 Å². The Morgan fingerprint density at radius 3 is 2.59 bits per heavy atom. The van der Waals surface area contributed by atoms with Crippen LogP contribution in [0.15, 0.2) is 60.9 Å². The molecule has 1 saturated heterocycles. The minimum Gasteiger partial charge on any atom is -0.368 e. The predicted molar refractivity (Wildman–Crippen MR) is 116 cm³/mol. The number of aliphatic hydroxyl groups excluding tert-OH is 1. The van der Waals surface area contributed by atoms with Gasteiger partial charge in [0.1, 0.15) is 0 Å². The predicted octanol–water partition coefficient (Wildman–Crippen LogP) is 4.34. The Hall–Kier alpha value is -3.33.